The van der Waals surface area contributed by atoms with Gasteiger partial charge in [-0.25, -0.2) is 4.39 Å². The van der Waals surface area contributed by atoms with Crippen LogP contribution in [-0.4, -0.2) is 54.6 Å². The lowest BCUT2D eigenvalue weighted by Crippen LogP contribution is -2.48. The van der Waals surface area contributed by atoms with Gasteiger partial charge in [0.25, 0.3) is 0 Å². The number of β-amino-alcohol motifs (C(OH)–C–C–N with tert-alkyl or cyclic N) is 1. The number of ketones is 1. The normalized spacial score (nSPS) is 17.1. The molecule has 0 amide bonds. The molecule has 1 aromatic rings. The van der Waals surface area contributed by atoms with E-state index in [9.17, 15) is 14.3 Å². The van der Waals surface area contributed by atoms with Crippen molar-refractivity contribution in [2.24, 2.45) is 0 Å². The molecule has 1 atom stereocenters. The van der Waals surface area contributed by atoms with Crippen LogP contribution in [0.4, 0.5) is 10.1 Å². The van der Waals surface area contributed by atoms with Gasteiger partial charge >= 0.3 is 0 Å². The molecule has 126 valence electrons. The molecule has 0 aliphatic carbocycles. The maximum Gasteiger partial charge on any atom is 0.159 e. The van der Waals surface area contributed by atoms with Crippen LogP contribution in [0.15, 0.2) is 30.9 Å². The van der Waals surface area contributed by atoms with E-state index in [1.807, 2.05) is 11.0 Å². The maximum absolute atomic E-state index is 14.2. The first kappa shape index (κ1) is 17.6. The van der Waals surface area contributed by atoms with Gasteiger partial charge in [-0.3, -0.25) is 9.69 Å². The van der Waals surface area contributed by atoms with Crippen LogP contribution in [0.5, 0.6) is 0 Å². The summed E-state index contributed by atoms with van der Waals surface area (Å²) in [7, 11) is 0. The van der Waals surface area contributed by atoms with E-state index >= 15 is 0 Å². The van der Waals surface area contributed by atoms with Crippen LogP contribution in [0.3, 0.4) is 0 Å². The molecule has 2 rings (SSSR count). The zero-order valence-electron chi connectivity index (χ0n) is 13.7. The van der Waals surface area contributed by atoms with Crippen molar-refractivity contribution in [1.29, 1.82) is 0 Å². The Labute approximate surface area is 137 Å². The lowest BCUT2D eigenvalue weighted by atomic mass is 10.1. The van der Waals surface area contributed by atoms with Gasteiger partial charge in [-0.05, 0) is 38.0 Å². The van der Waals surface area contributed by atoms with E-state index in [1.165, 1.54) is 13.0 Å². The Hall–Kier alpha value is -1.72. The number of Topliss-reactive ketones (excluding diaryl/α,β-unsaturated/α-hetero) is 1. The van der Waals surface area contributed by atoms with E-state index in [4.69, 9.17) is 0 Å². The summed E-state index contributed by atoms with van der Waals surface area (Å²) in [6, 6.07) is 4.66. The predicted octanol–water partition coefficient (Wildman–Crippen LogP) is 2.48. The summed E-state index contributed by atoms with van der Waals surface area (Å²) < 4.78 is 14.2. The van der Waals surface area contributed by atoms with Gasteiger partial charge in [-0.15, -0.1) is 6.58 Å². The fraction of sp³-hybridized carbons (Fsp3) is 0.500. The number of anilines is 1. The Morgan fingerprint density at radius 1 is 1.39 bits per heavy atom. The SMILES string of the molecule is C=CCCC(O)CN1CCN(c2ccc(C(C)=O)cc2F)CC1. The second-order valence-corrected chi connectivity index (χ2v) is 6.03. The largest absolute Gasteiger partial charge is 0.392 e. The Balaban J connectivity index is 1.89. The van der Waals surface area contributed by atoms with E-state index in [0.29, 0.717) is 30.9 Å². The number of halogens is 1. The third-order valence-electron chi connectivity index (χ3n) is 4.24. The monoisotopic (exact) mass is 320 g/mol. The highest BCUT2D eigenvalue weighted by Crippen LogP contribution is 2.22. The Morgan fingerprint density at radius 2 is 2.09 bits per heavy atom. The number of aliphatic hydroxyl groups excluding tert-OH is 1. The van der Waals surface area contributed by atoms with Crippen molar-refractivity contribution in [2.75, 3.05) is 37.6 Å². The third-order valence-corrected chi connectivity index (χ3v) is 4.24. The smallest absolute Gasteiger partial charge is 0.159 e. The number of hydrogen-bond acceptors (Lipinski definition) is 4. The Bertz CT molecular complexity index is 554. The number of nitrogens with zero attached hydrogens (tertiary/aromatic N) is 2. The van der Waals surface area contributed by atoms with Crippen molar-refractivity contribution >= 4 is 11.5 Å². The summed E-state index contributed by atoms with van der Waals surface area (Å²) in [5, 5.41) is 9.95. The first-order valence-electron chi connectivity index (χ1n) is 8.08. The fourth-order valence-electron chi connectivity index (χ4n) is 2.85. The van der Waals surface area contributed by atoms with Crippen LogP contribution < -0.4 is 4.90 Å². The summed E-state index contributed by atoms with van der Waals surface area (Å²) in [6.07, 6.45) is 3.01. The summed E-state index contributed by atoms with van der Waals surface area (Å²) in [5.74, 6) is -0.481. The van der Waals surface area contributed by atoms with Crippen molar-refractivity contribution in [3.8, 4) is 0 Å². The molecule has 1 N–H and O–H groups in total. The topological polar surface area (TPSA) is 43.8 Å². The molecule has 0 aromatic heterocycles. The lowest BCUT2D eigenvalue weighted by Gasteiger charge is -2.37. The summed E-state index contributed by atoms with van der Waals surface area (Å²) in [5.41, 5.74) is 0.942. The van der Waals surface area contributed by atoms with Crippen LogP contribution in [0.1, 0.15) is 30.1 Å². The van der Waals surface area contributed by atoms with Crippen molar-refractivity contribution < 1.29 is 14.3 Å². The van der Waals surface area contributed by atoms with E-state index in [1.54, 1.807) is 12.1 Å². The van der Waals surface area contributed by atoms with Crippen LogP contribution in [0, 0.1) is 5.82 Å². The highest BCUT2D eigenvalue weighted by Gasteiger charge is 2.21. The first-order valence-corrected chi connectivity index (χ1v) is 8.08. The quantitative estimate of drug-likeness (QED) is 0.619. The molecule has 1 aliphatic heterocycles. The number of benzene rings is 1. The molecule has 1 heterocycles. The number of carbonyl (C=O) groups excluding carboxylic acids is 1. The molecular weight excluding hydrogens is 295 g/mol. The van der Waals surface area contributed by atoms with Gasteiger partial charge in [0, 0.05) is 38.3 Å². The molecule has 1 fully saturated rings. The van der Waals surface area contributed by atoms with Gasteiger partial charge in [-0.2, -0.15) is 0 Å². The minimum atomic E-state index is -0.350. The van der Waals surface area contributed by atoms with Crippen molar-refractivity contribution in [1.82, 2.24) is 4.90 Å². The van der Waals surface area contributed by atoms with Gasteiger partial charge < -0.3 is 10.0 Å². The number of piperazine rings is 1. The molecule has 1 aliphatic rings. The van der Waals surface area contributed by atoms with Crippen molar-refractivity contribution in [3.05, 3.63) is 42.2 Å². The number of aliphatic hydroxyl groups is 1. The van der Waals surface area contributed by atoms with Gasteiger partial charge in [0.15, 0.2) is 5.78 Å². The number of rotatable bonds is 7. The molecule has 1 aromatic carbocycles. The molecule has 0 saturated carbocycles. The Morgan fingerprint density at radius 3 is 2.65 bits per heavy atom. The van der Waals surface area contributed by atoms with Crippen LogP contribution >= 0.6 is 0 Å². The molecule has 0 bridgehead atoms. The number of hydrogen-bond donors (Lipinski definition) is 1. The van der Waals surface area contributed by atoms with Crippen LogP contribution in [0.25, 0.3) is 0 Å². The van der Waals surface area contributed by atoms with Crippen molar-refractivity contribution in [3.63, 3.8) is 0 Å². The average Bonchev–Trinajstić information content (AvgIpc) is 2.53. The highest BCUT2D eigenvalue weighted by molar-refractivity contribution is 5.94. The minimum Gasteiger partial charge on any atom is -0.392 e. The molecule has 0 radical (unpaired) electrons. The predicted molar refractivity (Wildman–Crippen MR) is 90.5 cm³/mol. The zero-order valence-corrected chi connectivity index (χ0v) is 13.7. The fourth-order valence-corrected chi connectivity index (χ4v) is 2.85. The molecule has 0 spiro atoms. The second-order valence-electron chi connectivity index (χ2n) is 6.03. The lowest BCUT2D eigenvalue weighted by molar-refractivity contribution is 0.101. The van der Waals surface area contributed by atoms with E-state index in [-0.39, 0.29) is 17.7 Å². The van der Waals surface area contributed by atoms with E-state index in [2.05, 4.69) is 11.5 Å². The summed E-state index contributed by atoms with van der Waals surface area (Å²) in [4.78, 5) is 15.5. The van der Waals surface area contributed by atoms with Gasteiger partial charge in [0.1, 0.15) is 5.82 Å². The third kappa shape index (κ3) is 4.88. The second kappa shape index (κ2) is 8.22. The number of carbonyl (C=O) groups is 1. The number of allylic oxidation sites excluding steroid dienone is 1. The summed E-state index contributed by atoms with van der Waals surface area (Å²) >= 11 is 0. The molecular formula is C18H25FN2O2. The summed E-state index contributed by atoms with van der Waals surface area (Å²) in [6.45, 7) is 8.75. The van der Waals surface area contributed by atoms with Crippen LogP contribution in [-0.2, 0) is 0 Å². The Kier molecular flexibility index (Phi) is 6.30. The first-order chi connectivity index (χ1) is 11.0. The van der Waals surface area contributed by atoms with Gasteiger partial charge in [0.05, 0.1) is 11.8 Å². The highest BCUT2D eigenvalue weighted by atomic mass is 19.1. The zero-order chi connectivity index (χ0) is 16.8. The molecule has 23 heavy (non-hydrogen) atoms. The maximum atomic E-state index is 14.2. The van der Waals surface area contributed by atoms with Gasteiger partial charge in [0.2, 0.25) is 0 Å². The standard InChI is InChI=1S/C18H25FN2O2/c1-3-4-5-16(23)13-20-8-10-21(11-9-20)18-7-6-15(14(2)22)12-17(18)19/h3,6-7,12,16,23H,1,4-5,8-11,13H2,2H3. The van der Waals surface area contributed by atoms with E-state index in [0.717, 1.165) is 25.9 Å². The molecule has 5 heteroatoms. The molecule has 1 saturated heterocycles. The van der Waals surface area contributed by atoms with Crippen molar-refractivity contribution in [2.45, 2.75) is 25.9 Å². The molecule has 1 unspecified atom stereocenters. The van der Waals surface area contributed by atoms with Crippen LogP contribution in [0.2, 0.25) is 0 Å². The average molecular weight is 320 g/mol. The molecule has 4 nitrogen and oxygen atoms in total. The van der Waals surface area contributed by atoms with E-state index < -0.39 is 0 Å². The van der Waals surface area contributed by atoms with Gasteiger partial charge in [-0.1, -0.05) is 6.08 Å². The minimum absolute atomic E-state index is 0.131.